The highest BCUT2D eigenvalue weighted by molar-refractivity contribution is 6.22. The van der Waals surface area contributed by atoms with Gasteiger partial charge in [-0.25, -0.2) is 0 Å². The van der Waals surface area contributed by atoms with Gasteiger partial charge in [-0.15, -0.1) is 0 Å². The molecule has 0 radical (unpaired) electrons. The molecule has 0 atom stereocenters. The van der Waals surface area contributed by atoms with Gasteiger partial charge in [0, 0.05) is 32.9 Å². The second-order valence-electron chi connectivity index (χ2n) is 20.6. The lowest BCUT2D eigenvalue weighted by Crippen LogP contribution is -2.28. The predicted octanol–water partition coefficient (Wildman–Crippen LogP) is 19.6. The van der Waals surface area contributed by atoms with Crippen molar-refractivity contribution >= 4 is 65.2 Å². The van der Waals surface area contributed by atoms with Crippen molar-refractivity contribution in [3.63, 3.8) is 0 Å². The van der Waals surface area contributed by atoms with Crippen molar-refractivity contribution in [3.05, 3.63) is 313 Å². The minimum atomic E-state index is -0.541. The van der Waals surface area contributed by atoms with Crippen LogP contribution < -0.4 is 0 Å². The monoisotopic (exact) mass is 976 g/mol. The first kappa shape index (κ1) is 43.4. The Labute approximate surface area is 446 Å². The molecule has 2 heteroatoms. The SMILES string of the molecule is c1ccc(-n2c3ccccc3c3ccc(-c4cccc5c(-c6cccc7c6-c6ccccc6C7(c6ccccc6)c6ccccc6)c6cccc(-c7ccc8c9ccccc9n(-c9ccccc9)c8c7)c6cc45)cc32)cc1. The summed E-state index contributed by atoms with van der Waals surface area (Å²) in [6, 6.07) is 108. The van der Waals surface area contributed by atoms with E-state index in [1.54, 1.807) is 0 Å². The molecule has 13 aromatic carbocycles. The van der Waals surface area contributed by atoms with Gasteiger partial charge in [0.1, 0.15) is 0 Å². The number of rotatable bonds is 7. The highest BCUT2D eigenvalue weighted by atomic mass is 15.0. The van der Waals surface area contributed by atoms with E-state index in [1.165, 1.54) is 132 Å². The van der Waals surface area contributed by atoms with Gasteiger partial charge < -0.3 is 9.13 Å². The molecule has 358 valence electrons. The van der Waals surface area contributed by atoms with Gasteiger partial charge in [0.15, 0.2) is 0 Å². The zero-order valence-corrected chi connectivity index (χ0v) is 42.1. The van der Waals surface area contributed by atoms with Crippen LogP contribution >= 0.6 is 0 Å². The molecule has 2 aromatic heterocycles. The van der Waals surface area contributed by atoms with Crippen molar-refractivity contribution in [3.8, 4) is 55.9 Å². The maximum Gasteiger partial charge on any atom is 0.0713 e. The summed E-state index contributed by atoms with van der Waals surface area (Å²) < 4.78 is 4.86. The van der Waals surface area contributed by atoms with Crippen LogP contribution in [0.3, 0.4) is 0 Å². The number of benzene rings is 13. The summed E-state index contributed by atoms with van der Waals surface area (Å²) >= 11 is 0. The van der Waals surface area contributed by atoms with E-state index in [2.05, 4.69) is 300 Å². The molecule has 0 N–H and O–H groups in total. The molecule has 2 nitrogen and oxygen atoms in total. The number of nitrogens with zero attached hydrogens (tertiary/aromatic N) is 2. The summed E-state index contributed by atoms with van der Waals surface area (Å²) in [7, 11) is 0. The zero-order valence-electron chi connectivity index (χ0n) is 42.1. The van der Waals surface area contributed by atoms with E-state index in [0.717, 1.165) is 11.4 Å². The fourth-order valence-electron chi connectivity index (χ4n) is 13.6. The lowest BCUT2D eigenvalue weighted by Gasteiger charge is -2.34. The molecule has 77 heavy (non-hydrogen) atoms. The van der Waals surface area contributed by atoms with Crippen LogP contribution in [-0.4, -0.2) is 9.13 Å². The summed E-state index contributed by atoms with van der Waals surface area (Å²) in [4.78, 5) is 0. The fourth-order valence-corrected chi connectivity index (χ4v) is 13.6. The Morgan fingerprint density at radius 3 is 1.14 bits per heavy atom. The molecule has 0 spiro atoms. The van der Waals surface area contributed by atoms with Crippen LogP contribution in [0.15, 0.2) is 291 Å². The second-order valence-corrected chi connectivity index (χ2v) is 20.6. The van der Waals surface area contributed by atoms with Gasteiger partial charge in [-0.3, -0.25) is 0 Å². The Hall–Kier alpha value is -10.0. The molecule has 0 bridgehead atoms. The number of hydrogen-bond donors (Lipinski definition) is 0. The quantitative estimate of drug-likeness (QED) is 0.141. The van der Waals surface area contributed by atoms with Gasteiger partial charge >= 0.3 is 0 Å². The van der Waals surface area contributed by atoms with Crippen LogP contribution in [0.25, 0.3) is 121 Å². The number of para-hydroxylation sites is 4. The average Bonchev–Trinajstić information content (AvgIpc) is 4.28. The van der Waals surface area contributed by atoms with Crippen molar-refractivity contribution in [1.29, 1.82) is 0 Å². The average molecular weight is 977 g/mol. The molecule has 0 amide bonds. The Balaban J connectivity index is 1.02. The molecular weight excluding hydrogens is 929 g/mol. The molecule has 0 saturated heterocycles. The maximum atomic E-state index is 2.50. The Bertz CT molecular complexity index is 4580. The van der Waals surface area contributed by atoms with E-state index in [9.17, 15) is 0 Å². The van der Waals surface area contributed by atoms with Crippen LogP contribution in [0.1, 0.15) is 22.3 Å². The number of hydrogen-bond acceptors (Lipinski definition) is 0. The molecule has 0 fully saturated rings. The molecule has 2 heterocycles. The van der Waals surface area contributed by atoms with E-state index in [4.69, 9.17) is 0 Å². The highest BCUT2D eigenvalue weighted by Crippen LogP contribution is 2.59. The van der Waals surface area contributed by atoms with E-state index in [0.29, 0.717) is 0 Å². The lowest BCUT2D eigenvalue weighted by molar-refractivity contribution is 0.768. The first-order chi connectivity index (χ1) is 38.2. The summed E-state index contributed by atoms with van der Waals surface area (Å²) in [5.41, 5.74) is 21.4. The van der Waals surface area contributed by atoms with E-state index >= 15 is 0 Å². The van der Waals surface area contributed by atoms with Crippen molar-refractivity contribution < 1.29 is 0 Å². The number of aromatic nitrogens is 2. The Morgan fingerprint density at radius 2 is 0.610 bits per heavy atom. The van der Waals surface area contributed by atoms with Gasteiger partial charge in [-0.05, 0) is 143 Å². The molecule has 16 rings (SSSR count). The molecule has 0 aliphatic heterocycles. The normalized spacial score (nSPS) is 12.8. The molecule has 1 aliphatic rings. The minimum absolute atomic E-state index is 0.541. The molecule has 0 saturated carbocycles. The Morgan fingerprint density at radius 1 is 0.221 bits per heavy atom. The van der Waals surface area contributed by atoms with E-state index in [1.807, 2.05) is 0 Å². The Kier molecular flexibility index (Phi) is 9.58. The van der Waals surface area contributed by atoms with Gasteiger partial charge in [0.2, 0.25) is 0 Å². The van der Waals surface area contributed by atoms with Crippen LogP contribution in [0, 0.1) is 0 Å². The van der Waals surface area contributed by atoms with Gasteiger partial charge in [0.25, 0.3) is 0 Å². The van der Waals surface area contributed by atoms with Crippen LogP contribution in [0.2, 0.25) is 0 Å². The van der Waals surface area contributed by atoms with Crippen molar-refractivity contribution in [1.82, 2.24) is 9.13 Å². The first-order valence-corrected chi connectivity index (χ1v) is 26.8. The maximum absolute atomic E-state index is 2.50. The van der Waals surface area contributed by atoms with E-state index < -0.39 is 5.41 Å². The predicted molar refractivity (Wildman–Crippen MR) is 324 cm³/mol. The van der Waals surface area contributed by atoms with Crippen molar-refractivity contribution in [2.45, 2.75) is 5.41 Å². The number of fused-ring (bicyclic) bond motifs is 11. The van der Waals surface area contributed by atoms with Crippen LogP contribution in [0.5, 0.6) is 0 Å². The standard InChI is InChI=1S/C75H48N2/c1-5-22-51(23-6-1)75(52-24-7-2-8-25-52)67-38-16-13-32-63(67)74-64(37-21-39-68(74)75)73-61-35-19-33-55(49-42-44-59-57-30-14-17-40-69(57)76(71(59)46-49)53-26-9-3-10-27-53)65(61)48-66-56(34-20-36-62(66)73)50-43-45-60-58-31-15-18-41-70(58)77(72(60)47-50)54-28-11-4-12-29-54/h1-48H. The van der Waals surface area contributed by atoms with Crippen LogP contribution in [0.4, 0.5) is 0 Å². The largest absolute Gasteiger partial charge is 0.309 e. The summed E-state index contributed by atoms with van der Waals surface area (Å²) in [5.74, 6) is 0. The fraction of sp³-hybridized carbons (Fsp3) is 0.0133. The van der Waals surface area contributed by atoms with Crippen molar-refractivity contribution in [2.75, 3.05) is 0 Å². The third-order valence-electron chi connectivity index (χ3n) is 16.8. The minimum Gasteiger partial charge on any atom is -0.309 e. The lowest BCUT2D eigenvalue weighted by atomic mass is 9.67. The van der Waals surface area contributed by atoms with Crippen molar-refractivity contribution in [2.24, 2.45) is 0 Å². The third-order valence-corrected chi connectivity index (χ3v) is 16.8. The topological polar surface area (TPSA) is 9.86 Å². The van der Waals surface area contributed by atoms with E-state index in [-0.39, 0.29) is 0 Å². The third kappa shape index (κ3) is 6.30. The zero-order chi connectivity index (χ0) is 50.6. The molecule has 1 aliphatic carbocycles. The first-order valence-electron chi connectivity index (χ1n) is 26.8. The molecular formula is C75H48N2. The molecule has 15 aromatic rings. The van der Waals surface area contributed by atoms with Gasteiger partial charge in [0.05, 0.1) is 27.5 Å². The smallest absolute Gasteiger partial charge is 0.0713 e. The van der Waals surface area contributed by atoms with Crippen LogP contribution in [-0.2, 0) is 5.41 Å². The highest BCUT2D eigenvalue weighted by Gasteiger charge is 2.47. The molecule has 0 unspecified atom stereocenters. The second kappa shape index (κ2) is 17.0. The van der Waals surface area contributed by atoms with Gasteiger partial charge in [-0.2, -0.15) is 0 Å². The summed E-state index contributed by atoms with van der Waals surface area (Å²) in [5, 5.41) is 9.84. The summed E-state index contributed by atoms with van der Waals surface area (Å²) in [6.45, 7) is 0. The van der Waals surface area contributed by atoms with Gasteiger partial charge in [-0.1, -0.05) is 237 Å². The summed E-state index contributed by atoms with van der Waals surface area (Å²) in [6.07, 6.45) is 0.